The predicted molar refractivity (Wildman–Crippen MR) is 149 cm³/mol. The molecule has 0 bridgehead atoms. The summed E-state index contributed by atoms with van der Waals surface area (Å²) in [7, 11) is 0. The molecule has 1 aromatic rings. The van der Waals surface area contributed by atoms with Gasteiger partial charge in [-0.05, 0) is 83.9 Å². The van der Waals surface area contributed by atoms with E-state index >= 15 is 0 Å². The normalized spacial score (nSPS) is 13.9. The van der Waals surface area contributed by atoms with Crippen LogP contribution >= 0.6 is 11.8 Å². The summed E-state index contributed by atoms with van der Waals surface area (Å²) in [5.41, 5.74) is 2.08. The van der Waals surface area contributed by atoms with E-state index in [0.29, 0.717) is 25.1 Å². The highest BCUT2D eigenvalue weighted by atomic mass is 32.2. The van der Waals surface area contributed by atoms with Crippen molar-refractivity contribution < 1.29 is 19.1 Å². The molecule has 7 nitrogen and oxygen atoms in total. The average Bonchev–Trinajstić information content (AvgIpc) is 2.77. The van der Waals surface area contributed by atoms with Gasteiger partial charge in [0.15, 0.2) is 0 Å². The molecule has 0 spiro atoms. The number of rotatable bonds is 13. The maximum Gasteiger partial charge on any atom is 0.408 e. The maximum absolute atomic E-state index is 14.0. The Bertz CT molecular complexity index is 869. The summed E-state index contributed by atoms with van der Waals surface area (Å²) >= 11 is 1.60. The van der Waals surface area contributed by atoms with E-state index in [1.807, 2.05) is 52.1 Å². The van der Waals surface area contributed by atoms with Crippen molar-refractivity contribution in [1.29, 1.82) is 0 Å². The lowest BCUT2D eigenvalue weighted by atomic mass is 9.95. The Labute approximate surface area is 222 Å². The van der Waals surface area contributed by atoms with E-state index in [0.717, 1.165) is 29.5 Å². The van der Waals surface area contributed by atoms with Crippen molar-refractivity contribution in [3.63, 3.8) is 0 Å². The number of hydrogen-bond acceptors (Lipinski definition) is 5. The minimum atomic E-state index is -0.799. The molecule has 36 heavy (non-hydrogen) atoms. The number of benzene rings is 1. The van der Waals surface area contributed by atoms with Gasteiger partial charge in [0.05, 0.1) is 0 Å². The molecule has 0 aliphatic rings. The zero-order chi connectivity index (χ0) is 27.5. The van der Waals surface area contributed by atoms with Gasteiger partial charge in [-0.1, -0.05) is 44.0 Å². The van der Waals surface area contributed by atoms with Crippen LogP contribution in [-0.2, 0) is 14.3 Å². The van der Waals surface area contributed by atoms with Crippen LogP contribution < -0.4 is 10.6 Å². The van der Waals surface area contributed by atoms with Crippen LogP contribution in [0.2, 0.25) is 0 Å². The van der Waals surface area contributed by atoms with Crippen molar-refractivity contribution in [3.8, 4) is 0 Å². The lowest BCUT2D eigenvalue weighted by Crippen LogP contribution is -2.54. The fraction of sp³-hybridized carbons (Fsp3) is 0.679. The van der Waals surface area contributed by atoms with E-state index in [4.69, 9.17) is 4.74 Å². The number of carbonyl (C=O) groups is 3. The lowest BCUT2D eigenvalue weighted by molar-refractivity contribution is -0.142. The second-order valence-electron chi connectivity index (χ2n) is 10.5. The largest absolute Gasteiger partial charge is 0.444 e. The van der Waals surface area contributed by atoms with Crippen molar-refractivity contribution in [1.82, 2.24) is 15.5 Å². The second-order valence-corrected chi connectivity index (χ2v) is 11.5. The predicted octanol–water partition coefficient (Wildman–Crippen LogP) is 5.53. The SMILES string of the molecule is CCCC(C)NC(=O)C(c1cc(C)ccc1C)N(CCC)C(=O)C(CCSC)NC(=O)OC(C)(C)C. The van der Waals surface area contributed by atoms with Gasteiger partial charge in [0.25, 0.3) is 0 Å². The summed E-state index contributed by atoms with van der Waals surface area (Å²) in [6, 6.07) is 4.37. The molecular formula is C28H47N3O4S. The number of nitrogens with one attached hydrogen (secondary N) is 2. The van der Waals surface area contributed by atoms with Crippen molar-refractivity contribution in [3.05, 3.63) is 34.9 Å². The van der Waals surface area contributed by atoms with E-state index < -0.39 is 23.8 Å². The monoisotopic (exact) mass is 521 g/mol. The van der Waals surface area contributed by atoms with Crippen molar-refractivity contribution >= 4 is 29.7 Å². The Balaban J connectivity index is 3.48. The molecule has 1 aromatic carbocycles. The fourth-order valence-electron chi connectivity index (χ4n) is 4.08. The third-order valence-electron chi connectivity index (χ3n) is 5.75. The summed E-state index contributed by atoms with van der Waals surface area (Å²) in [6.07, 6.45) is 4.23. The number of amides is 3. The van der Waals surface area contributed by atoms with Crippen LogP contribution in [0.1, 0.15) is 90.0 Å². The molecule has 0 radical (unpaired) electrons. The standard InChI is InChI=1S/C28H47N3O4S/c1-10-12-21(5)29-25(32)24(22-18-19(3)13-14-20(22)4)31(16-11-2)26(33)23(15-17-36-9)30-27(34)35-28(6,7)8/h13-14,18,21,23-24H,10-12,15-17H2,1-9H3,(H,29,32)(H,30,34). The van der Waals surface area contributed by atoms with Gasteiger partial charge in [0.1, 0.15) is 17.7 Å². The second kappa shape index (κ2) is 15.1. The van der Waals surface area contributed by atoms with Crippen molar-refractivity contribution in [2.24, 2.45) is 0 Å². The molecule has 3 atom stereocenters. The van der Waals surface area contributed by atoms with Crippen LogP contribution in [0.15, 0.2) is 18.2 Å². The van der Waals surface area contributed by atoms with E-state index in [9.17, 15) is 14.4 Å². The fourth-order valence-corrected chi connectivity index (χ4v) is 4.55. The molecule has 2 N–H and O–H groups in total. The summed E-state index contributed by atoms with van der Waals surface area (Å²) in [5, 5.41) is 5.91. The minimum absolute atomic E-state index is 0.0131. The molecule has 0 saturated heterocycles. The molecular weight excluding hydrogens is 474 g/mol. The number of hydrogen-bond donors (Lipinski definition) is 2. The number of alkyl carbamates (subject to hydrolysis) is 1. The van der Waals surface area contributed by atoms with Gasteiger partial charge < -0.3 is 20.3 Å². The summed E-state index contributed by atoms with van der Waals surface area (Å²) in [6.45, 7) is 15.7. The number of nitrogens with zero attached hydrogens (tertiary/aromatic N) is 1. The molecule has 1 rings (SSSR count). The third-order valence-corrected chi connectivity index (χ3v) is 6.39. The molecule has 0 aliphatic heterocycles. The van der Waals surface area contributed by atoms with Crippen LogP contribution in [0, 0.1) is 13.8 Å². The smallest absolute Gasteiger partial charge is 0.408 e. The Morgan fingerprint density at radius 1 is 1.06 bits per heavy atom. The van der Waals surface area contributed by atoms with Crippen molar-refractivity contribution in [2.75, 3.05) is 18.6 Å². The van der Waals surface area contributed by atoms with Gasteiger partial charge in [0.2, 0.25) is 11.8 Å². The first-order valence-electron chi connectivity index (χ1n) is 13.0. The van der Waals surface area contributed by atoms with Crippen LogP contribution in [0.5, 0.6) is 0 Å². The minimum Gasteiger partial charge on any atom is -0.444 e. The van der Waals surface area contributed by atoms with Gasteiger partial charge in [0, 0.05) is 12.6 Å². The highest BCUT2D eigenvalue weighted by Crippen LogP contribution is 2.28. The highest BCUT2D eigenvalue weighted by Gasteiger charge is 2.36. The van der Waals surface area contributed by atoms with E-state index in [1.54, 1.807) is 37.4 Å². The topological polar surface area (TPSA) is 87.7 Å². The quantitative estimate of drug-likeness (QED) is 0.356. The van der Waals surface area contributed by atoms with Gasteiger partial charge in [-0.25, -0.2) is 4.79 Å². The third kappa shape index (κ3) is 10.4. The molecule has 0 saturated carbocycles. The molecule has 0 aliphatic carbocycles. The maximum atomic E-state index is 14.0. The van der Waals surface area contributed by atoms with E-state index in [-0.39, 0.29) is 17.9 Å². The summed E-state index contributed by atoms with van der Waals surface area (Å²) in [4.78, 5) is 42.0. The molecule has 0 heterocycles. The first kappa shape index (κ1) is 31.8. The zero-order valence-corrected chi connectivity index (χ0v) is 24.5. The van der Waals surface area contributed by atoms with E-state index in [1.165, 1.54) is 0 Å². The number of ether oxygens (including phenoxy) is 1. The summed E-state index contributed by atoms with van der Waals surface area (Å²) in [5.74, 6) is 0.202. The Kier molecular flexibility index (Phi) is 13.4. The highest BCUT2D eigenvalue weighted by molar-refractivity contribution is 7.98. The molecule has 3 amide bonds. The Hall–Kier alpha value is -2.22. The van der Waals surface area contributed by atoms with Crippen LogP contribution in [0.3, 0.4) is 0 Å². The molecule has 0 fully saturated rings. The average molecular weight is 522 g/mol. The van der Waals surface area contributed by atoms with Gasteiger partial charge in [-0.15, -0.1) is 0 Å². The van der Waals surface area contributed by atoms with Gasteiger partial charge in [-0.2, -0.15) is 11.8 Å². The van der Waals surface area contributed by atoms with Crippen LogP contribution in [-0.4, -0.2) is 59.0 Å². The first-order chi connectivity index (χ1) is 16.8. The van der Waals surface area contributed by atoms with Crippen LogP contribution in [0.4, 0.5) is 4.79 Å². The Morgan fingerprint density at radius 2 is 1.72 bits per heavy atom. The number of aryl methyl sites for hydroxylation is 2. The lowest BCUT2D eigenvalue weighted by Gasteiger charge is -2.35. The zero-order valence-electron chi connectivity index (χ0n) is 23.7. The summed E-state index contributed by atoms with van der Waals surface area (Å²) < 4.78 is 5.44. The van der Waals surface area contributed by atoms with Crippen LogP contribution in [0.25, 0.3) is 0 Å². The molecule has 8 heteroatoms. The molecule has 204 valence electrons. The van der Waals surface area contributed by atoms with E-state index in [2.05, 4.69) is 17.6 Å². The first-order valence-corrected chi connectivity index (χ1v) is 14.4. The number of carbonyl (C=O) groups excluding carboxylic acids is 3. The van der Waals surface area contributed by atoms with Gasteiger partial charge in [-0.3, -0.25) is 9.59 Å². The molecule has 3 unspecified atom stereocenters. The van der Waals surface area contributed by atoms with Gasteiger partial charge >= 0.3 is 6.09 Å². The number of thioether (sulfide) groups is 1. The van der Waals surface area contributed by atoms with Crippen molar-refractivity contribution in [2.45, 2.75) is 105 Å². The Morgan fingerprint density at radius 3 is 2.28 bits per heavy atom. The molecule has 0 aromatic heterocycles.